The number of ether oxygens (including phenoxy) is 2. The van der Waals surface area contributed by atoms with Gasteiger partial charge < -0.3 is 9.47 Å². The van der Waals surface area contributed by atoms with Crippen LogP contribution < -0.4 is 20.3 Å². The van der Waals surface area contributed by atoms with E-state index in [9.17, 15) is 9.59 Å². The van der Waals surface area contributed by atoms with E-state index in [1.165, 1.54) is 5.56 Å². The molecule has 2 amide bonds. The second-order valence-corrected chi connectivity index (χ2v) is 11.1. The first-order valence-electron chi connectivity index (χ1n) is 11.9. The normalized spacial score (nSPS) is 11.8. The molecule has 2 N–H and O–H groups in total. The van der Waals surface area contributed by atoms with E-state index in [4.69, 9.17) is 9.47 Å². The van der Waals surface area contributed by atoms with Gasteiger partial charge in [-0.1, -0.05) is 67.5 Å². The summed E-state index contributed by atoms with van der Waals surface area (Å²) in [5.74, 6) is 1.09. The molecule has 0 bridgehead atoms. The number of carbonyl (C=O) groups is 2. The number of hydrogen-bond donors (Lipinski definition) is 2. The van der Waals surface area contributed by atoms with E-state index in [2.05, 4.69) is 72.3 Å². The molecule has 0 aliphatic carbocycles. The fourth-order valence-corrected chi connectivity index (χ4v) is 3.20. The zero-order valence-corrected chi connectivity index (χ0v) is 21.9. The molecule has 6 nitrogen and oxygen atoms in total. The molecule has 186 valence electrons. The van der Waals surface area contributed by atoms with Crippen molar-refractivity contribution in [2.45, 2.75) is 72.6 Å². The predicted octanol–water partition coefficient (Wildman–Crippen LogP) is 5.55. The zero-order chi connectivity index (χ0) is 25.5. The average Bonchev–Trinajstić information content (AvgIpc) is 2.74. The Hall–Kier alpha value is -3.02. The maximum Gasteiger partial charge on any atom is 0.276 e. The quantitative estimate of drug-likeness (QED) is 0.498. The lowest BCUT2D eigenvalue weighted by molar-refractivity contribution is -0.123. The molecule has 2 aromatic rings. The van der Waals surface area contributed by atoms with E-state index in [1.807, 2.05) is 12.1 Å². The Bertz CT molecular complexity index is 967. The van der Waals surface area contributed by atoms with Crippen LogP contribution >= 0.6 is 0 Å². The van der Waals surface area contributed by atoms with Crippen LogP contribution in [0.2, 0.25) is 0 Å². The summed E-state index contributed by atoms with van der Waals surface area (Å²) in [7, 11) is 0. The Labute approximate surface area is 204 Å². The van der Waals surface area contributed by atoms with E-state index in [-0.39, 0.29) is 17.4 Å². The highest BCUT2D eigenvalue weighted by Gasteiger charge is 2.23. The Morgan fingerprint density at radius 1 is 0.853 bits per heavy atom. The van der Waals surface area contributed by atoms with Crippen molar-refractivity contribution in [3.8, 4) is 11.5 Å². The van der Waals surface area contributed by atoms with Crippen molar-refractivity contribution in [3.05, 3.63) is 59.2 Å². The zero-order valence-electron chi connectivity index (χ0n) is 21.9. The second-order valence-electron chi connectivity index (χ2n) is 11.1. The lowest BCUT2D eigenvalue weighted by Gasteiger charge is -2.27. The first kappa shape index (κ1) is 27.2. The lowest BCUT2D eigenvalue weighted by Crippen LogP contribution is -2.43. The molecule has 6 heteroatoms. The summed E-state index contributed by atoms with van der Waals surface area (Å²) in [4.78, 5) is 24.6. The van der Waals surface area contributed by atoms with Gasteiger partial charge in [-0.3, -0.25) is 20.4 Å². The van der Waals surface area contributed by atoms with Crippen LogP contribution in [0.25, 0.3) is 0 Å². The number of benzene rings is 2. The number of amides is 2. The van der Waals surface area contributed by atoms with Gasteiger partial charge in [0.05, 0.1) is 6.61 Å². The first-order valence-corrected chi connectivity index (χ1v) is 11.9. The smallest absolute Gasteiger partial charge is 0.276 e. The van der Waals surface area contributed by atoms with Gasteiger partial charge in [0, 0.05) is 5.56 Å². The van der Waals surface area contributed by atoms with Crippen molar-refractivity contribution in [3.63, 3.8) is 0 Å². The third-order valence-corrected chi connectivity index (χ3v) is 5.41. The summed E-state index contributed by atoms with van der Waals surface area (Å²) in [5, 5.41) is 0. The Morgan fingerprint density at radius 2 is 1.50 bits per heavy atom. The van der Waals surface area contributed by atoms with Crippen LogP contribution in [0.4, 0.5) is 0 Å². The summed E-state index contributed by atoms with van der Waals surface area (Å²) < 4.78 is 11.5. The van der Waals surface area contributed by atoms with Gasteiger partial charge in [0.2, 0.25) is 0 Å². The molecule has 0 fully saturated rings. The van der Waals surface area contributed by atoms with Gasteiger partial charge in [-0.25, -0.2) is 0 Å². The van der Waals surface area contributed by atoms with Crippen molar-refractivity contribution in [1.82, 2.24) is 10.9 Å². The summed E-state index contributed by atoms with van der Waals surface area (Å²) in [6, 6.07) is 12.9. The highest BCUT2D eigenvalue weighted by Crippen LogP contribution is 2.35. The van der Waals surface area contributed by atoms with E-state index in [0.717, 1.165) is 12.0 Å². The van der Waals surface area contributed by atoms with Crippen molar-refractivity contribution in [2.24, 2.45) is 5.92 Å². The molecule has 2 aromatic carbocycles. The van der Waals surface area contributed by atoms with Gasteiger partial charge in [0.15, 0.2) is 6.61 Å². The van der Waals surface area contributed by atoms with Gasteiger partial charge >= 0.3 is 0 Å². The first-order chi connectivity index (χ1) is 15.8. The van der Waals surface area contributed by atoms with Crippen molar-refractivity contribution < 1.29 is 19.1 Å². The van der Waals surface area contributed by atoms with E-state index >= 15 is 0 Å². The molecular weight excluding hydrogens is 428 g/mol. The van der Waals surface area contributed by atoms with Crippen LogP contribution in [-0.2, 0) is 15.6 Å². The van der Waals surface area contributed by atoms with Gasteiger partial charge in [-0.15, -0.1) is 0 Å². The highest BCUT2D eigenvalue weighted by molar-refractivity contribution is 5.95. The molecule has 0 aliphatic heterocycles. The minimum absolute atomic E-state index is 0.0125. The highest BCUT2D eigenvalue weighted by atomic mass is 16.5. The van der Waals surface area contributed by atoms with Crippen molar-refractivity contribution >= 4 is 11.8 Å². The molecule has 34 heavy (non-hydrogen) atoms. The van der Waals surface area contributed by atoms with Crippen LogP contribution in [0.3, 0.4) is 0 Å². The average molecular weight is 469 g/mol. The largest absolute Gasteiger partial charge is 0.494 e. The summed E-state index contributed by atoms with van der Waals surface area (Å²) >= 11 is 0. The second kappa shape index (κ2) is 11.4. The number of hydrazine groups is 1. The predicted molar refractivity (Wildman–Crippen MR) is 136 cm³/mol. The fraction of sp³-hybridized carbons (Fsp3) is 0.500. The topological polar surface area (TPSA) is 76.7 Å². The van der Waals surface area contributed by atoms with Crippen LogP contribution in [0.1, 0.15) is 83.3 Å². The molecule has 0 radical (unpaired) electrons. The Balaban J connectivity index is 1.90. The molecule has 2 rings (SSSR count). The van der Waals surface area contributed by atoms with E-state index in [0.29, 0.717) is 29.6 Å². The van der Waals surface area contributed by atoms with Crippen molar-refractivity contribution in [1.29, 1.82) is 0 Å². The maximum atomic E-state index is 12.3. The van der Waals surface area contributed by atoms with Gasteiger partial charge in [-0.2, -0.15) is 0 Å². The number of hydrogen-bond acceptors (Lipinski definition) is 4. The minimum atomic E-state index is -0.443. The van der Waals surface area contributed by atoms with Crippen LogP contribution in [0, 0.1) is 5.92 Å². The van der Waals surface area contributed by atoms with Gasteiger partial charge in [-0.05, 0) is 64.6 Å². The molecule has 0 aliphatic rings. The molecule has 0 aromatic heterocycles. The van der Waals surface area contributed by atoms with Crippen LogP contribution in [0.5, 0.6) is 11.5 Å². The summed E-state index contributed by atoms with van der Waals surface area (Å²) in [6.07, 6.45) is 0.967. The molecule has 0 heterocycles. The van der Waals surface area contributed by atoms with E-state index < -0.39 is 11.8 Å². The SMILES string of the molecule is CC(C)CCOc1ccc(C(=O)NNC(=O)COc2ccc(C(C)(C)C)cc2C(C)(C)C)cc1. The minimum Gasteiger partial charge on any atom is -0.494 e. The third kappa shape index (κ3) is 8.40. The number of carbonyl (C=O) groups excluding carboxylic acids is 2. The number of nitrogens with one attached hydrogen (secondary N) is 2. The summed E-state index contributed by atoms with van der Waals surface area (Å²) in [5.41, 5.74) is 7.37. The van der Waals surface area contributed by atoms with Crippen LogP contribution in [-0.4, -0.2) is 25.0 Å². The van der Waals surface area contributed by atoms with Gasteiger partial charge in [0.25, 0.3) is 11.8 Å². The fourth-order valence-electron chi connectivity index (χ4n) is 3.20. The molecular formula is C28H40N2O4. The molecule has 0 atom stereocenters. The van der Waals surface area contributed by atoms with E-state index in [1.54, 1.807) is 24.3 Å². The molecule has 0 unspecified atom stereocenters. The molecule has 0 saturated heterocycles. The Morgan fingerprint density at radius 3 is 2.06 bits per heavy atom. The molecule has 0 spiro atoms. The van der Waals surface area contributed by atoms with Crippen LogP contribution in [0.15, 0.2) is 42.5 Å². The maximum absolute atomic E-state index is 12.3. The standard InChI is InChI=1S/C28H40N2O4/c1-19(2)15-16-33-22-12-9-20(10-13-22)26(32)30-29-25(31)18-34-24-14-11-21(27(3,4)5)17-23(24)28(6,7)8/h9-14,17,19H,15-16,18H2,1-8H3,(H,29,31)(H,30,32). The number of rotatable bonds is 8. The summed E-state index contributed by atoms with van der Waals surface area (Å²) in [6.45, 7) is 17.5. The lowest BCUT2D eigenvalue weighted by atomic mass is 9.80. The monoisotopic (exact) mass is 468 g/mol. The van der Waals surface area contributed by atoms with Gasteiger partial charge in [0.1, 0.15) is 11.5 Å². The third-order valence-electron chi connectivity index (χ3n) is 5.41. The molecule has 0 saturated carbocycles. The Kier molecular flexibility index (Phi) is 9.14. The van der Waals surface area contributed by atoms with Crippen molar-refractivity contribution in [2.75, 3.05) is 13.2 Å².